The van der Waals surface area contributed by atoms with Gasteiger partial charge in [0.1, 0.15) is 6.54 Å². The van der Waals surface area contributed by atoms with Crippen molar-refractivity contribution >= 4 is 11.9 Å². The molecular formula is C16H20F3NO3. The number of alkyl halides is 3. The molecule has 1 aromatic rings. The summed E-state index contributed by atoms with van der Waals surface area (Å²) in [5, 5.41) is 8.84. The Morgan fingerprint density at radius 3 is 2.22 bits per heavy atom. The lowest BCUT2D eigenvalue weighted by Gasteiger charge is -2.27. The smallest absolute Gasteiger partial charge is 0.416 e. The van der Waals surface area contributed by atoms with Crippen LogP contribution in [-0.2, 0) is 15.8 Å². The van der Waals surface area contributed by atoms with Crippen molar-refractivity contribution in [2.75, 3.05) is 6.54 Å². The molecule has 7 heteroatoms. The molecule has 1 rings (SSSR count). The lowest BCUT2D eigenvalue weighted by Crippen LogP contribution is -2.41. The summed E-state index contributed by atoms with van der Waals surface area (Å²) >= 11 is 0. The number of amides is 1. The number of carboxylic acids is 1. The van der Waals surface area contributed by atoms with Crippen LogP contribution in [0.2, 0.25) is 0 Å². The summed E-state index contributed by atoms with van der Waals surface area (Å²) in [5.41, 5.74) is -0.734. The van der Waals surface area contributed by atoms with Crippen LogP contribution in [-0.4, -0.2) is 34.5 Å². The fraction of sp³-hybridized carbons (Fsp3) is 0.500. The minimum absolute atomic E-state index is 0.0346. The Morgan fingerprint density at radius 2 is 1.74 bits per heavy atom. The van der Waals surface area contributed by atoms with E-state index in [4.69, 9.17) is 5.11 Å². The number of aliphatic carboxylic acids is 1. The zero-order chi connectivity index (χ0) is 17.8. The summed E-state index contributed by atoms with van der Waals surface area (Å²) in [7, 11) is 0. The Kier molecular flexibility index (Phi) is 6.18. The molecule has 23 heavy (non-hydrogen) atoms. The first-order chi connectivity index (χ1) is 10.5. The SMILES string of the molecule is CC(CC(=O)N(CC(=O)O)C(C)C)c1ccccc1C(F)(F)F. The fourth-order valence-corrected chi connectivity index (χ4v) is 2.38. The Morgan fingerprint density at radius 1 is 1.17 bits per heavy atom. The van der Waals surface area contributed by atoms with Crippen molar-refractivity contribution in [2.45, 2.75) is 45.3 Å². The van der Waals surface area contributed by atoms with Gasteiger partial charge in [0.05, 0.1) is 5.56 Å². The van der Waals surface area contributed by atoms with E-state index in [-0.39, 0.29) is 18.0 Å². The Bertz CT molecular complexity index is 570. The molecule has 1 unspecified atom stereocenters. The molecule has 0 aliphatic rings. The summed E-state index contributed by atoms with van der Waals surface area (Å²) in [6, 6.07) is 4.77. The molecule has 0 bridgehead atoms. The van der Waals surface area contributed by atoms with Crippen LogP contribution in [0.25, 0.3) is 0 Å². The second-order valence-electron chi connectivity index (χ2n) is 5.70. The molecule has 0 saturated heterocycles. The van der Waals surface area contributed by atoms with Gasteiger partial charge in [-0.25, -0.2) is 0 Å². The molecule has 4 nitrogen and oxygen atoms in total. The van der Waals surface area contributed by atoms with Crippen molar-refractivity contribution in [3.05, 3.63) is 35.4 Å². The zero-order valence-electron chi connectivity index (χ0n) is 13.2. The van der Waals surface area contributed by atoms with Crippen LogP contribution in [0.5, 0.6) is 0 Å². The maximum absolute atomic E-state index is 13.0. The quantitative estimate of drug-likeness (QED) is 0.868. The van der Waals surface area contributed by atoms with Crippen molar-refractivity contribution in [3.8, 4) is 0 Å². The highest BCUT2D eigenvalue weighted by molar-refractivity contribution is 5.82. The molecule has 1 atom stereocenters. The van der Waals surface area contributed by atoms with Gasteiger partial charge in [-0.2, -0.15) is 13.2 Å². The van der Waals surface area contributed by atoms with E-state index in [9.17, 15) is 22.8 Å². The van der Waals surface area contributed by atoms with Crippen LogP contribution in [0.1, 0.15) is 44.2 Å². The van der Waals surface area contributed by atoms with Crippen molar-refractivity contribution in [2.24, 2.45) is 0 Å². The number of rotatable bonds is 6. The summed E-state index contributed by atoms with van der Waals surface area (Å²) in [6.07, 6.45) is -4.68. The zero-order valence-corrected chi connectivity index (χ0v) is 13.2. The van der Waals surface area contributed by atoms with Gasteiger partial charge in [-0.15, -0.1) is 0 Å². The number of carboxylic acid groups (broad SMARTS) is 1. The van der Waals surface area contributed by atoms with Crippen LogP contribution in [0, 0.1) is 0 Å². The highest BCUT2D eigenvalue weighted by atomic mass is 19.4. The van der Waals surface area contributed by atoms with Gasteiger partial charge in [-0.1, -0.05) is 25.1 Å². The maximum atomic E-state index is 13.0. The van der Waals surface area contributed by atoms with Crippen molar-refractivity contribution < 1.29 is 27.9 Å². The summed E-state index contributed by atoms with van der Waals surface area (Å²) in [4.78, 5) is 24.2. The van der Waals surface area contributed by atoms with Crippen LogP contribution < -0.4 is 0 Å². The molecule has 0 fully saturated rings. The standard InChI is InChI=1S/C16H20F3NO3/c1-10(2)20(9-15(22)23)14(21)8-11(3)12-6-4-5-7-13(12)16(17,18)19/h4-7,10-11H,8-9H2,1-3H3,(H,22,23). The Balaban J connectivity index is 2.97. The number of carbonyl (C=O) groups excluding carboxylic acids is 1. The molecule has 0 saturated carbocycles. The van der Waals surface area contributed by atoms with Gasteiger partial charge in [-0.3, -0.25) is 9.59 Å². The van der Waals surface area contributed by atoms with Gasteiger partial charge >= 0.3 is 12.1 Å². The number of benzene rings is 1. The highest BCUT2D eigenvalue weighted by Gasteiger charge is 2.34. The summed E-state index contributed by atoms with van der Waals surface area (Å²) in [6.45, 7) is 4.39. The molecule has 1 N–H and O–H groups in total. The van der Waals surface area contributed by atoms with Crippen LogP contribution in [0.3, 0.4) is 0 Å². The van der Waals surface area contributed by atoms with Crippen LogP contribution >= 0.6 is 0 Å². The van der Waals surface area contributed by atoms with E-state index in [0.717, 1.165) is 11.0 Å². The van der Waals surface area contributed by atoms with Crippen LogP contribution in [0.15, 0.2) is 24.3 Å². The number of nitrogens with zero attached hydrogens (tertiary/aromatic N) is 1. The molecular weight excluding hydrogens is 311 g/mol. The molecule has 0 aliphatic heterocycles. The first kappa shape index (κ1) is 19.0. The first-order valence-corrected chi connectivity index (χ1v) is 7.21. The van der Waals surface area contributed by atoms with Crippen molar-refractivity contribution in [3.63, 3.8) is 0 Å². The number of hydrogen-bond acceptors (Lipinski definition) is 2. The van der Waals surface area contributed by atoms with E-state index < -0.39 is 36.1 Å². The van der Waals surface area contributed by atoms with Gasteiger partial charge < -0.3 is 10.0 Å². The monoisotopic (exact) mass is 331 g/mol. The Hall–Kier alpha value is -2.05. The maximum Gasteiger partial charge on any atom is 0.416 e. The largest absolute Gasteiger partial charge is 0.480 e. The third kappa shape index (κ3) is 5.26. The predicted octanol–water partition coefficient (Wildman–Crippen LogP) is 3.52. The molecule has 0 radical (unpaired) electrons. The Labute approximate surface area is 132 Å². The number of halogens is 3. The van der Waals surface area contributed by atoms with E-state index in [1.54, 1.807) is 13.8 Å². The minimum atomic E-state index is -4.49. The molecule has 0 heterocycles. The van der Waals surface area contributed by atoms with E-state index in [0.29, 0.717) is 0 Å². The molecule has 0 aromatic heterocycles. The molecule has 0 aliphatic carbocycles. The topological polar surface area (TPSA) is 57.6 Å². The number of carbonyl (C=O) groups is 2. The van der Waals surface area contributed by atoms with Gasteiger partial charge in [0.2, 0.25) is 5.91 Å². The normalized spacial score (nSPS) is 13.0. The third-order valence-corrected chi connectivity index (χ3v) is 3.53. The first-order valence-electron chi connectivity index (χ1n) is 7.21. The predicted molar refractivity (Wildman–Crippen MR) is 79.0 cm³/mol. The van der Waals surface area contributed by atoms with Gasteiger partial charge in [0, 0.05) is 12.5 Å². The fourth-order valence-electron chi connectivity index (χ4n) is 2.38. The van der Waals surface area contributed by atoms with Crippen molar-refractivity contribution in [1.82, 2.24) is 4.90 Å². The van der Waals surface area contributed by atoms with Gasteiger partial charge in [-0.05, 0) is 31.4 Å². The second-order valence-corrected chi connectivity index (χ2v) is 5.70. The highest BCUT2D eigenvalue weighted by Crippen LogP contribution is 2.36. The lowest BCUT2D eigenvalue weighted by molar-refractivity contribution is -0.146. The third-order valence-electron chi connectivity index (χ3n) is 3.53. The summed E-state index contributed by atoms with van der Waals surface area (Å²) in [5.74, 6) is -2.31. The lowest BCUT2D eigenvalue weighted by atomic mass is 9.92. The molecule has 0 spiro atoms. The average molecular weight is 331 g/mol. The summed E-state index contributed by atoms with van der Waals surface area (Å²) < 4.78 is 39.1. The van der Waals surface area contributed by atoms with E-state index in [2.05, 4.69) is 0 Å². The average Bonchev–Trinajstić information content (AvgIpc) is 2.43. The molecule has 128 valence electrons. The van der Waals surface area contributed by atoms with E-state index in [1.807, 2.05) is 0 Å². The van der Waals surface area contributed by atoms with E-state index >= 15 is 0 Å². The number of hydrogen-bond donors (Lipinski definition) is 1. The minimum Gasteiger partial charge on any atom is -0.480 e. The molecule has 1 amide bonds. The van der Waals surface area contributed by atoms with E-state index in [1.165, 1.54) is 25.1 Å². The molecule has 1 aromatic carbocycles. The van der Waals surface area contributed by atoms with Gasteiger partial charge in [0.25, 0.3) is 0 Å². The van der Waals surface area contributed by atoms with Crippen LogP contribution in [0.4, 0.5) is 13.2 Å². The van der Waals surface area contributed by atoms with Gasteiger partial charge in [0.15, 0.2) is 0 Å². The van der Waals surface area contributed by atoms with Crippen molar-refractivity contribution in [1.29, 1.82) is 0 Å². The second kappa shape index (κ2) is 7.48.